The Morgan fingerprint density at radius 3 is 2.58 bits per heavy atom. The van der Waals surface area contributed by atoms with E-state index >= 15 is 0 Å². The first kappa shape index (κ1) is 14.8. The molecule has 2 amide bonds. The molecule has 0 spiro atoms. The van der Waals surface area contributed by atoms with Crippen LogP contribution < -0.4 is 15.5 Å². The van der Waals surface area contributed by atoms with Crippen molar-refractivity contribution in [3.05, 3.63) is 23.8 Å². The molecule has 0 fully saturated rings. The smallest absolute Gasteiger partial charge is 0.319 e. The minimum Gasteiger partial charge on any atom is -0.481 e. The van der Waals surface area contributed by atoms with Gasteiger partial charge >= 0.3 is 12.0 Å². The van der Waals surface area contributed by atoms with E-state index in [1.165, 1.54) is 0 Å². The lowest BCUT2D eigenvalue weighted by Crippen LogP contribution is -2.30. The van der Waals surface area contributed by atoms with Crippen molar-refractivity contribution in [2.75, 3.05) is 30.9 Å². The average Bonchev–Trinajstić information content (AvgIpc) is 2.30. The Morgan fingerprint density at radius 2 is 2.00 bits per heavy atom. The number of aliphatic carboxylic acids is 1. The number of rotatable bonds is 5. The number of nitrogens with zero attached hydrogens (tertiary/aromatic N) is 1. The summed E-state index contributed by atoms with van der Waals surface area (Å²) >= 11 is 0. The van der Waals surface area contributed by atoms with Gasteiger partial charge in [0.2, 0.25) is 0 Å². The second-order valence-electron chi connectivity index (χ2n) is 4.42. The Morgan fingerprint density at radius 1 is 1.32 bits per heavy atom. The molecule has 0 unspecified atom stereocenters. The van der Waals surface area contributed by atoms with E-state index in [4.69, 9.17) is 5.11 Å². The number of amides is 2. The number of urea groups is 1. The number of hydrogen-bond acceptors (Lipinski definition) is 3. The summed E-state index contributed by atoms with van der Waals surface area (Å²) in [5.41, 5.74) is 2.80. The van der Waals surface area contributed by atoms with Crippen LogP contribution in [0.1, 0.15) is 12.0 Å². The van der Waals surface area contributed by atoms with Gasteiger partial charge < -0.3 is 20.6 Å². The molecule has 0 atom stereocenters. The standard InChI is InChI=1S/C13H19N3O3/c1-9-4-5-10(8-11(9)16(2)3)15-13(19)14-7-6-12(17)18/h4-5,8H,6-7H2,1-3H3,(H,17,18)(H2,14,15,19). The summed E-state index contributed by atoms with van der Waals surface area (Å²) in [5.74, 6) is -0.939. The van der Waals surface area contributed by atoms with E-state index < -0.39 is 12.0 Å². The SMILES string of the molecule is Cc1ccc(NC(=O)NCCC(=O)O)cc1N(C)C. The van der Waals surface area contributed by atoms with Crippen LogP contribution in [-0.2, 0) is 4.79 Å². The van der Waals surface area contributed by atoms with Gasteiger partial charge in [-0.25, -0.2) is 4.79 Å². The van der Waals surface area contributed by atoms with Crippen molar-refractivity contribution in [2.45, 2.75) is 13.3 Å². The molecule has 1 rings (SSSR count). The van der Waals surface area contributed by atoms with Crippen LogP contribution in [0.25, 0.3) is 0 Å². The Kier molecular flexibility index (Phi) is 5.17. The monoisotopic (exact) mass is 265 g/mol. The highest BCUT2D eigenvalue weighted by Crippen LogP contribution is 2.22. The van der Waals surface area contributed by atoms with Crippen LogP contribution in [0.3, 0.4) is 0 Å². The van der Waals surface area contributed by atoms with Crippen molar-refractivity contribution >= 4 is 23.4 Å². The number of anilines is 2. The van der Waals surface area contributed by atoms with E-state index in [0.717, 1.165) is 11.3 Å². The lowest BCUT2D eigenvalue weighted by Gasteiger charge is -2.17. The van der Waals surface area contributed by atoms with E-state index in [1.54, 1.807) is 6.07 Å². The molecule has 19 heavy (non-hydrogen) atoms. The van der Waals surface area contributed by atoms with Gasteiger partial charge in [0.25, 0.3) is 0 Å². The van der Waals surface area contributed by atoms with Gasteiger partial charge in [-0.05, 0) is 24.6 Å². The van der Waals surface area contributed by atoms with Crippen molar-refractivity contribution < 1.29 is 14.7 Å². The maximum Gasteiger partial charge on any atom is 0.319 e. The van der Waals surface area contributed by atoms with Crippen LogP contribution in [0.4, 0.5) is 16.2 Å². The molecule has 0 aromatic heterocycles. The number of carboxylic acids is 1. The predicted octanol–water partition coefficient (Wildman–Crippen LogP) is 1.66. The highest BCUT2D eigenvalue weighted by molar-refractivity contribution is 5.90. The van der Waals surface area contributed by atoms with Gasteiger partial charge in [0.05, 0.1) is 6.42 Å². The molecule has 0 aliphatic rings. The molecule has 0 saturated carbocycles. The summed E-state index contributed by atoms with van der Waals surface area (Å²) in [7, 11) is 3.86. The summed E-state index contributed by atoms with van der Waals surface area (Å²) in [6.45, 7) is 2.10. The molecule has 0 saturated heterocycles. The third-order valence-corrected chi connectivity index (χ3v) is 2.57. The van der Waals surface area contributed by atoms with Gasteiger partial charge in [-0.15, -0.1) is 0 Å². The molecule has 1 aromatic rings. The molecular weight excluding hydrogens is 246 g/mol. The van der Waals surface area contributed by atoms with Crippen molar-refractivity contribution in [1.82, 2.24) is 5.32 Å². The summed E-state index contributed by atoms with van der Waals surface area (Å²) in [6, 6.07) is 5.18. The Hall–Kier alpha value is -2.24. The molecule has 0 aliphatic carbocycles. The number of nitrogens with one attached hydrogen (secondary N) is 2. The maximum absolute atomic E-state index is 11.5. The molecule has 6 heteroatoms. The van der Waals surface area contributed by atoms with Crippen LogP contribution in [0.15, 0.2) is 18.2 Å². The molecule has 3 N–H and O–H groups in total. The van der Waals surface area contributed by atoms with Gasteiger partial charge in [0.15, 0.2) is 0 Å². The molecule has 0 bridgehead atoms. The summed E-state index contributed by atoms with van der Waals surface area (Å²) in [5, 5.41) is 13.6. The summed E-state index contributed by atoms with van der Waals surface area (Å²) in [4.78, 5) is 23.8. The topological polar surface area (TPSA) is 81.7 Å². The number of benzene rings is 1. The van der Waals surface area contributed by atoms with E-state index in [0.29, 0.717) is 5.69 Å². The van der Waals surface area contributed by atoms with Crippen molar-refractivity contribution in [2.24, 2.45) is 0 Å². The van der Waals surface area contributed by atoms with E-state index in [9.17, 15) is 9.59 Å². The minimum absolute atomic E-state index is 0.0930. The van der Waals surface area contributed by atoms with Crippen LogP contribution in [0.5, 0.6) is 0 Å². The van der Waals surface area contributed by atoms with Crippen molar-refractivity contribution in [1.29, 1.82) is 0 Å². The third kappa shape index (κ3) is 4.87. The fourth-order valence-corrected chi connectivity index (χ4v) is 1.63. The molecule has 0 heterocycles. The normalized spacial score (nSPS) is 9.84. The number of carboxylic acid groups (broad SMARTS) is 1. The first-order valence-electron chi connectivity index (χ1n) is 5.95. The van der Waals surface area contributed by atoms with Gasteiger partial charge in [0.1, 0.15) is 0 Å². The molecule has 104 valence electrons. The van der Waals surface area contributed by atoms with Crippen molar-refractivity contribution in [3.8, 4) is 0 Å². The van der Waals surface area contributed by atoms with Crippen LogP contribution in [0.2, 0.25) is 0 Å². The molecule has 6 nitrogen and oxygen atoms in total. The zero-order valence-electron chi connectivity index (χ0n) is 11.4. The number of carbonyl (C=O) groups excluding carboxylic acids is 1. The van der Waals surface area contributed by atoms with Crippen molar-refractivity contribution in [3.63, 3.8) is 0 Å². The first-order valence-corrected chi connectivity index (χ1v) is 5.95. The second kappa shape index (κ2) is 6.63. The highest BCUT2D eigenvalue weighted by Gasteiger charge is 2.06. The predicted molar refractivity (Wildman–Crippen MR) is 74.8 cm³/mol. The van der Waals surface area contributed by atoms with Crippen LogP contribution in [-0.4, -0.2) is 37.7 Å². The number of hydrogen-bond donors (Lipinski definition) is 3. The minimum atomic E-state index is -0.939. The quantitative estimate of drug-likeness (QED) is 0.756. The van der Waals surface area contributed by atoms with E-state index in [2.05, 4.69) is 10.6 Å². The number of carbonyl (C=O) groups is 2. The zero-order chi connectivity index (χ0) is 14.4. The second-order valence-corrected chi connectivity index (χ2v) is 4.42. The Balaban J connectivity index is 2.59. The summed E-state index contributed by atoms with van der Waals surface area (Å²) < 4.78 is 0. The van der Waals surface area contributed by atoms with Gasteiger partial charge in [-0.3, -0.25) is 4.79 Å². The van der Waals surface area contributed by atoms with Gasteiger partial charge in [0, 0.05) is 32.0 Å². The van der Waals surface area contributed by atoms with Gasteiger partial charge in [-0.2, -0.15) is 0 Å². The fourth-order valence-electron chi connectivity index (χ4n) is 1.63. The van der Waals surface area contributed by atoms with E-state index in [-0.39, 0.29) is 13.0 Å². The lowest BCUT2D eigenvalue weighted by atomic mass is 10.1. The first-order chi connectivity index (χ1) is 8.90. The maximum atomic E-state index is 11.5. The third-order valence-electron chi connectivity index (χ3n) is 2.57. The molecule has 0 aliphatic heterocycles. The fraction of sp³-hybridized carbons (Fsp3) is 0.385. The lowest BCUT2D eigenvalue weighted by molar-refractivity contribution is -0.136. The molecule has 0 radical (unpaired) electrons. The van der Waals surface area contributed by atoms with Crippen LogP contribution >= 0.6 is 0 Å². The van der Waals surface area contributed by atoms with Crippen LogP contribution in [0, 0.1) is 6.92 Å². The zero-order valence-corrected chi connectivity index (χ0v) is 11.4. The molecule has 1 aromatic carbocycles. The summed E-state index contributed by atoms with van der Waals surface area (Å²) in [6.07, 6.45) is -0.0930. The highest BCUT2D eigenvalue weighted by atomic mass is 16.4. The largest absolute Gasteiger partial charge is 0.481 e. The number of aryl methyl sites for hydroxylation is 1. The van der Waals surface area contributed by atoms with Gasteiger partial charge in [-0.1, -0.05) is 6.07 Å². The molecular formula is C13H19N3O3. The average molecular weight is 265 g/mol. The Bertz CT molecular complexity index is 472. The Labute approximate surface area is 112 Å². The van der Waals surface area contributed by atoms with E-state index in [1.807, 2.05) is 38.1 Å².